The Morgan fingerprint density at radius 1 is 1.24 bits per heavy atom. The molecule has 1 saturated heterocycles. The maximum absolute atomic E-state index is 5.92. The highest BCUT2D eigenvalue weighted by atomic mass is 16.5. The van der Waals surface area contributed by atoms with Crippen LogP contribution < -0.4 is 10.2 Å². The molecule has 2 aliphatic heterocycles. The summed E-state index contributed by atoms with van der Waals surface area (Å²) in [7, 11) is 0. The molecule has 5 heteroatoms. The van der Waals surface area contributed by atoms with Crippen molar-refractivity contribution in [1.29, 1.82) is 0 Å². The topological polar surface area (TPSA) is 50.3 Å². The third kappa shape index (κ3) is 2.77. The standard InChI is InChI=1S/C16H26N4O.H2/c1-10(2)14-13-9-21-8-12-7-17-5-6-20(12)16(13)19-15(18-14)11(3)4;/h10-12,17H,5-9H2,1-4H3;1H. The third-order valence-electron chi connectivity index (χ3n) is 4.28. The van der Waals surface area contributed by atoms with Crippen LogP contribution in [0.5, 0.6) is 0 Å². The van der Waals surface area contributed by atoms with E-state index in [-0.39, 0.29) is 1.43 Å². The van der Waals surface area contributed by atoms with Crippen molar-refractivity contribution in [2.75, 3.05) is 31.1 Å². The Bertz CT molecular complexity index is 521. The molecular formula is C16H28N4O. The van der Waals surface area contributed by atoms with Gasteiger partial charge in [-0.15, -0.1) is 0 Å². The molecule has 0 saturated carbocycles. The average molecular weight is 292 g/mol. The molecule has 0 bridgehead atoms. The average Bonchev–Trinajstić information content (AvgIpc) is 2.65. The SMILES string of the molecule is CC(C)c1nc(C(C)C)c2c(n1)N1CCNCC1COC2.[HH]. The Morgan fingerprint density at radius 3 is 2.76 bits per heavy atom. The number of nitrogens with zero attached hydrogens (tertiary/aromatic N) is 3. The van der Waals surface area contributed by atoms with Gasteiger partial charge < -0.3 is 15.0 Å². The van der Waals surface area contributed by atoms with E-state index in [9.17, 15) is 0 Å². The summed E-state index contributed by atoms with van der Waals surface area (Å²) in [4.78, 5) is 12.2. The summed E-state index contributed by atoms with van der Waals surface area (Å²) < 4.78 is 5.92. The summed E-state index contributed by atoms with van der Waals surface area (Å²) in [6.07, 6.45) is 0. The quantitative estimate of drug-likeness (QED) is 0.906. The van der Waals surface area contributed by atoms with Crippen LogP contribution in [0.1, 0.15) is 58.0 Å². The summed E-state index contributed by atoms with van der Waals surface area (Å²) in [5.74, 6) is 2.80. The predicted molar refractivity (Wildman–Crippen MR) is 86.0 cm³/mol. The fraction of sp³-hybridized carbons (Fsp3) is 0.750. The van der Waals surface area contributed by atoms with E-state index in [0.717, 1.165) is 43.6 Å². The second kappa shape index (κ2) is 5.89. The van der Waals surface area contributed by atoms with E-state index in [0.29, 0.717) is 24.5 Å². The maximum Gasteiger partial charge on any atom is 0.138 e. The highest BCUT2D eigenvalue weighted by molar-refractivity contribution is 5.52. The van der Waals surface area contributed by atoms with Gasteiger partial charge in [-0.25, -0.2) is 9.97 Å². The summed E-state index contributed by atoms with van der Waals surface area (Å²) in [5.41, 5.74) is 2.35. The number of piperazine rings is 1. The molecule has 21 heavy (non-hydrogen) atoms. The molecule has 2 aliphatic rings. The molecule has 0 aliphatic carbocycles. The fourth-order valence-electron chi connectivity index (χ4n) is 3.10. The van der Waals surface area contributed by atoms with Gasteiger partial charge in [0, 0.05) is 32.5 Å². The first kappa shape index (κ1) is 14.7. The first-order chi connectivity index (χ1) is 10.1. The largest absolute Gasteiger partial charge is 0.374 e. The molecule has 118 valence electrons. The number of rotatable bonds is 2. The van der Waals surface area contributed by atoms with E-state index in [1.807, 2.05) is 0 Å². The molecule has 1 N–H and O–H groups in total. The van der Waals surface area contributed by atoms with Gasteiger partial charge in [0.15, 0.2) is 0 Å². The number of hydrogen-bond acceptors (Lipinski definition) is 5. The van der Waals surface area contributed by atoms with E-state index in [2.05, 4.69) is 37.9 Å². The zero-order valence-electron chi connectivity index (χ0n) is 13.5. The molecule has 0 amide bonds. The van der Waals surface area contributed by atoms with Crippen LogP contribution in [-0.4, -0.2) is 42.3 Å². The molecule has 1 atom stereocenters. The van der Waals surface area contributed by atoms with E-state index in [1.165, 1.54) is 5.56 Å². The minimum absolute atomic E-state index is 0. The molecular weight excluding hydrogens is 264 g/mol. The Hall–Kier alpha value is -1.20. The van der Waals surface area contributed by atoms with Crippen LogP contribution in [0.4, 0.5) is 5.82 Å². The number of aromatic nitrogens is 2. The van der Waals surface area contributed by atoms with Crippen molar-refractivity contribution < 1.29 is 6.16 Å². The van der Waals surface area contributed by atoms with Crippen molar-refractivity contribution in [3.63, 3.8) is 0 Å². The molecule has 1 fully saturated rings. The van der Waals surface area contributed by atoms with E-state index in [1.54, 1.807) is 0 Å². The Balaban J connectivity index is 0.00000176. The second-order valence-corrected chi connectivity index (χ2v) is 6.65. The molecule has 0 spiro atoms. The van der Waals surface area contributed by atoms with E-state index < -0.39 is 0 Å². The summed E-state index contributed by atoms with van der Waals surface area (Å²) >= 11 is 0. The second-order valence-electron chi connectivity index (χ2n) is 6.65. The lowest BCUT2D eigenvalue weighted by Crippen LogP contribution is -2.53. The number of anilines is 1. The molecule has 0 radical (unpaired) electrons. The summed E-state index contributed by atoms with van der Waals surface area (Å²) in [5, 5.41) is 3.45. The first-order valence-corrected chi connectivity index (χ1v) is 8.03. The monoisotopic (exact) mass is 292 g/mol. The molecule has 1 aromatic heterocycles. The van der Waals surface area contributed by atoms with Crippen molar-refractivity contribution in [3.05, 3.63) is 17.1 Å². The van der Waals surface area contributed by atoms with Crippen LogP contribution in [0.25, 0.3) is 0 Å². The summed E-state index contributed by atoms with van der Waals surface area (Å²) in [6, 6.07) is 0.384. The smallest absolute Gasteiger partial charge is 0.138 e. The lowest BCUT2D eigenvalue weighted by atomic mass is 10.0. The van der Waals surface area contributed by atoms with Gasteiger partial charge in [0.1, 0.15) is 11.6 Å². The molecule has 1 unspecified atom stereocenters. The Labute approximate surface area is 128 Å². The molecule has 3 rings (SSSR count). The van der Waals surface area contributed by atoms with Gasteiger partial charge in [-0.3, -0.25) is 0 Å². The van der Waals surface area contributed by atoms with Crippen LogP contribution >= 0.6 is 0 Å². The van der Waals surface area contributed by atoms with Crippen LogP contribution in [0.3, 0.4) is 0 Å². The molecule has 5 nitrogen and oxygen atoms in total. The van der Waals surface area contributed by atoms with Gasteiger partial charge in [-0.05, 0) is 5.92 Å². The van der Waals surface area contributed by atoms with Gasteiger partial charge in [-0.2, -0.15) is 0 Å². The van der Waals surface area contributed by atoms with E-state index in [4.69, 9.17) is 14.7 Å². The highest BCUT2D eigenvalue weighted by Gasteiger charge is 2.31. The Morgan fingerprint density at radius 2 is 2.05 bits per heavy atom. The zero-order valence-corrected chi connectivity index (χ0v) is 13.5. The Kier molecular flexibility index (Phi) is 4.13. The lowest BCUT2D eigenvalue weighted by molar-refractivity contribution is 0.109. The summed E-state index contributed by atoms with van der Waals surface area (Å²) in [6.45, 7) is 13.1. The van der Waals surface area contributed by atoms with Crippen molar-refractivity contribution >= 4 is 5.82 Å². The third-order valence-corrected chi connectivity index (χ3v) is 4.28. The van der Waals surface area contributed by atoms with Gasteiger partial charge >= 0.3 is 0 Å². The van der Waals surface area contributed by atoms with Crippen LogP contribution in [0.15, 0.2) is 0 Å². The number of hydrogen-bond donors (Lipinski definition) is 1. The van der Waals surface area contributed by atoms with Crippen LogP contribution in [0.2, 0.25) is 0 Å². The predicted octanol–water partition coefficient (Wildman–Crippen LogP) is 2.28. The normalized spacial score (nSPS) is 22.2. The van der Waals surface area contributed by atoms with Gasteiger partial charge in [0.2, 0.25) is 0 Å². The van der Waals surface area contributed by atoms with Gasteiger partial charge in [-0.1, -0.05) is 27.7 Å². The van der Waals surface area contributed by atoms with Crippen LogP contribution in [-0.2, 0) is 11.3 Å². The van der Waals surface area contributed by atoms with Crippen molar-refractivity contribution in [2.24, 2.45) is 0 Å². The molecule has 1 aromatic rings. The first-order valence-electron chi connectivity index (χ1n) is 8.03. The lowest BCUT2D eigenvalue weighted by Gasteiger charge is -2.36. The molecule has 3 heterocycles. The van der Waals surface area contributed by atoms with E-state index >= 15 is 0 Å². The minimum atomic E-state index is 0. The van der Waals surface area contributed by atoms with Gasteiger partial charge in [0.05, 0.1) is 24.9 Å². The van der Waals surface area contributed by atoms with Crippen molar-refractivity contribution in [3.8, 4) is 0 Å². The number of nitrogens with one attached hydrogen (secondary N) is 1. The number of ether oxygens (including phenoxy) is 1. The van der Waals surface area contributed by atoms with Crippen LogP contribution in [0, 0.1) is 0 Å². The maximum atomic E-state index is 5.92. The minimum Gasteiger partial charge on any atom is -0.374 e. The fourth-order valence-corrected chi connectivity index (χ4v) is 3.10. The molecule has 0 aromatic carbocycles. The zero-order chi connectivity index (χ0) is 15.0. The number of fused-ring (bicyclic) bond motifs is 3. The van der Waals surface area contributed by atoms with Crippen molar-refractivity contribution in [2.45, 2.75) is 52.2 Å². The highest BCUT2D eigenvalue weighted by Crippen LogP contribution is 2.32. The van der Waals surface area contributed by atoms with Gasteiger partial charge in [0.25, 0.3) is 0 Å². The van der Waals surface area contributed by atoms with Crippen molar-refractivity contribution in [1.82, 2.24) is 15.3 Å².